The van der Waals surface area contributed by atoms with Gasteiger partial charge in [0.05, 0.1) is 4.87 Å². The van der Waals surface area contributed by atoms with Gasteiger partial charge in [-0.2, -0.15) is 0 Å². The molecule has 1 aliphatic carbocycles. The van der Waals surface area contributed by atoms with Gasteiger partial charge >= 0.3 is 12.1 Å². The number of carbonyl (C=O) groups excluding carboxylic acids is 1. The fourth-order valence-electron chi connectivity index (χ4n) is 4.77. The van der Waals surface area contributed by atoms with Crippen LogP contribution < -0.4 is 0 Å². The normalized spacial score (nSPS) is 21.5. The summed E-state index contributed by atoms with van der Waals surface area (Å²) in [6, 6.07) is 15.3. The Bertz CT molecular complexity index is 939. The van der Waals surface area contributed by atoms with Crippen molar-refractivity contribution in [2.45, 2.75) is 49.3 Å². The van der Waals surface area contributed by atoms with E-state index in [2.05, 4.69) is 24.3 Å². The molecular weight excluding hydrogens is 386 g/mol. The summed E-state index contributed by atoms with van der Waals surface area (Å²) in [5.41, 5.74) is 4.58. The molecule has 0 aromatic heterocycles. The van der Waals surface area contributed by atoms with Crippen molar-refractivity contribution < 1.29 is 19.4 Å². The molecule has 2 aromatic carbocycles. The van der Waals surface area contributed by atoms with E-state index in [9.17, 15) is 14.7 Å². The first kappa shape index (κ1) is 19.8. The number of carboxylic acids is 1. The second-order valence-electron chi connectivity index (χ2n) is 8.57. The number of carboxylic acid groups (broad SMARTS) is 1. The van der Waals surface area contributed by atoms with Crippen LogP contribution in [0.2, 0.25) is 0 Å². The highest BCUT2D eigenvalue weighted by Gasteiger charge is 2.58. The van der Waals surface area contributed by atoms with E-state index in [1.807, 2.05) is 52.0 Å². The summed E-state index contributed by atoms with van der Waals surface area (Å²) in [5.74, 6) is -1.07. The number of hydrogen-bond donors (Lipinski definition) is 1. The maximum atomic E-state index is 13.1. The van der Waals surface area contributed by atoms with E-state index in [0.29, 0.717) is 0 Å². The molecule has 0 radical (unpaired) electrons. The summed E-state index contributed by atoms with van der Waals surface area (Å²) in [6.07, 6.45) is -0.581. The van der Waals surface area contributed by atoms with Crippen LogP contribution in [0.25, 0.3) is 11.1 Å². The zero-order chi connectivity index (χ0) is 21.0. The minimum atomic E-state index is -1.01. The number of aliphatic carboxylic acids is 1. The summed E-state index contributed by atoms with van der Waals surface area (Å²) < 4.78 is 5.13. The lowest BCUT2D eigenvalue weighted by Gasteiger charge is -2.33. The highest BCUT2D eigenvalue weighted by Crippen LogP contribution is 2.51. The van der Waals surface area contributed by atoms with Crippen molar-refractivity contribution in [1.29, 1.82) is 0 Å². The molecule has 1 amide bonds. The van der Waals surface area contributed by atoms with Crippen molar-refractivity contribution in [3.63, 3.8) is 0 Å². The third-order valence-electron chi connectivity index (χ3n) is 5.78. The molecule has 1 heterocycles. The third kappa shape index (κ3) is 3.19. The highest BCUT2D eigenvalue weighted by molar-refractivity contribution is 8.02. The predicted octanol–water partition coefficient (Wildman–Crippen LogP) is 4.95. The molecule has 2 aliphatic rings. The molecular formula is C23H25NO4S. The van der Waals surface area contributed by atoms with Gasteiger partial charge < -0.3 is 9.84 Å². The van der Waals surface area contributed by atoms with Crippen LogP contribution >= 0.6 is 11.8 Å². The van der Waals surface area contributed by atoms with Gasteiger partial charge in [-0.1, -0.05) is 48.5 Å². The fourth-order valence-corrected chi connectivity index (χ4v) is 6.65. The molecule has 2 aromatic rings. The Hall–Kier alpha value is -2.47. The molecule has 0 unspecified atom stereocenters. The van der Waals surface area contributed by atoms with Crippen molar-refractivity contribution >= 4 is 23.8 Å². The van der Waals surface area contributed by atoms with Crippen molar-refractivity contribution in [3.05, 3.63) is 59.7 Å². The van der Waals surface area contributed by atoms with Crippen LogP contribution in [0.3, 0.4) is 0 Å². The number of fused-ring (bicyclic) bond motifs is 3. The molecule has 5 nitrogen and oxygen atoms in total. The van der Waals surface area contributed by atoms with Gasteiger partial charge in [0.2, 0.25) is 0 Å². The van der Waals surface area contributed by atoms with E-state index in [1.54, 1.807) is 0 Å². The first-order valence-electron chi connectivity index (χ1n) is 9.71. The van der Waals surface area contributed by atoms with Gasteiger partial charge in [-0.3, -0.25) is 4.90 Å². The summed E-state index contributed by atoms with van der Waals surface area (Å²) in [4.78, 5) is 25.7. The first-order chi connectivity index (χ1) is 13.6. The zero-order valence-electron chi connectivity index (χ0n) is 17.0. The van der Waals surface area contributed by atoms with Crippen LogP contribution in [-0.4, -0.2) is 44.3 Å². The Labute approximate surface area is 175 Å². The third-order valence-corrected chi connectivity index (χ3v) is 7.22. The van der Waals surface area contributed by atoms with Crippen molar-refractivity contribution in [3.8, 4) is 11.1 Å². The molecule has 1 aliphatic heterocycles. The molecule has 1 N–H and O–H groups in total. The number of carbonyl (C=O) groups is 2. The SMILES string of the molecule is CC1(C)SC(C)(C)N(C(=O)OCC2c3ccccc3-c3ccccc32)[C@@H]1C(=O)O. The fraction of sp³-hybridized carbons (Fsp3) is 0.391. The Morgan fingerprint density at radius 3 is 2.03 bits per heavy atom. The number of hydrogen-bond acceptors (Lipinski definition) is 4. The van der Waals surface area contributed by atoms with Crippen molar-refractivity contribution in [2.75, 3.05) is 6.61 Å². The van der Waals surface area contributed by atoms with Crippen LogP contribution in [0, 0.1) is 0 Å². The Balaban J connectivity index is 1.60. The quantitative estimate of drug-likeness (QED) is 0.774. The Morgan fingerprint density at radius 1 is 1.00 bits per heavy atom. The van der Waals surface area contributed by atoms with Crippen LogP contribution in [0.1, 0.15) is 44.7 Å². The van der Waals surface area contributed by atoms with Crippen LogP contribution in [-0.2, 0) is 9.53 Å². The van der Waals surface area contributed by atoms with E-state index in [-0.39, 0.29) is 12.5 Å². The maximum Gasteiger partial charge on any atom is 0.411 e. The van der Waals surface area contributed by atoms with Crippen molar-refractivity contribution in [1.82, 2.24) is 4.90 Å². The average Bonchev–Trinajstić information content (AvgIpc) is 3.07. The van der Waals surface area contributed by atoms with E-state index < -0.39 is 27.7 Å². The van der Waals surface area contributed by atoms with Gasteiger partial charge in [-0.15, -0.1) is 11.8 Å². The minimum Gasteiger partial charge on any atom is -0.480 e. The van der Waals surface area contributed by atoms with Crippen LogP contribution in [0.4, 0.5) is 4.79 Å². The van der Waals surface area contributed by atoms with Crippen LogP contribution in [0.15, 0.2) is 48.5 Å². The lowest BCUT2D eigenvalue weighted by atomic mass is 9.98. The maximum absolute atomic E-state index is 13.1. The summed E-state index contributed by atoms with van der Waals surface area (Å²) >= 11 is 1.48. The number of ether oxygens (including phenoxy) is 1. The monoisotopic (exact) mass is 411 g/mol. The zero-order valence-corrected chi connectivity index (χ0v) is 17.8. The van der Waals surface area contributed by atoms with E-state index in [4.69, 9.17) is 4.74 Å². The van der Waals surface area contributed by atoms with Gasteiger partial charge in [0.25, 0.3) is 0 Å². The summed E-state index contributed by atoms with van der Waals surface area (Å²) in [7, 11) is 0. The van der Waals surface area contributed by atoms with Gasteiger partial charge in [0.15, 0.2) is 0 Å². The van der Waals surface area contributed by atoms with Crippen LogP contribution in [0.5, 0.6) is 0 Å². The summed E-state index contributed by atoms with van der Waals surface area (Å²) in [6.45, 7) is 7.62. The van der Waals surface area contributed by atoms with Gasteiger partial charge in [-0.25, -0.2) is 9.59 Å². The molecule has 4 rings (SSSR count). The number of amides is 1. The lowest BCUT2D eigenvalue weighted by molar-refractivity contribution is -0.144. The topological polar surface area (TPSA) is 66.8 Å². The van der Waals surface area contributed by atoms with E-state index in [1.165, 1.54) is 16.7 Å². The molecule has 1 atom stereocenters. The molecule has 0 saturated carbocycles. The smallest absolute Gasteiger partial charge is 0.411 e. The standard InChI is InChI=1S/C23H25NO4S/c1-22(2)19(20(25)26)24(23(3,4)29-22)21(27)28-13-18-16-11-7-5-9-14(16)15-10-6-8-12-17(15)18/h5-12,18-19H,13H2,1-4H3,(H,25,26)/t19-/m1/s1. The van der Waals surface area contributed by atoms with Gasteiger partial charge in [0.1, 0.15) is 12.6 Å². The lowest BCUT2D eigenvalue weighted by Crippen LogP contribution is -2.53. The average molecular weight is 412 g/mol. The number of nitrogens with zero attached hydrogens (tertiary/aromatic N) is 1. The first-order valence-corrected chi connectivity index (χ1v) is 10.5. The molecule has 29 heavy (non-hydrogen) atoms. The van der Waals surface area contributed by atoms with Gasteiger partial charge in [0, 0.05) is 10.7 Å². The number of benzene rings is 2. The highest BCUT2D eigenvalue weighted by atomic mass is 32.2. The predicted molar refractivity (Wildman–Crippen MR) is 114 cm³/mol. The molecule has 0 bridgehead atoms. The molecule has 152 valence electrons. The molecule has 6 heteroatoms. The second-order valence-corrected chi connectivity index (χ2v) is 10.8. The number of rotatable bonds is 3. The Morgan fingerprint density at radius 2 is 1.52 bits per heavy atom. The van der Waals surface area contributed by atoms with E-state index >= 15 is 0 Å². The number of thioether (sulfide) groups is 1. The van der Waals surface area contributed by atoms with Crippen molar-refractivity contribution in [2.24, 2.45) is 0 Å². The Kier molecular flexibility index (Phi) is 4.65. The minimum absolute atomic E-state index is 0.0546. The largest absolute Gasteiger partial charge is 0.480 e. The second kappa shape index (κ2) is 6.80. The molecule has 1 saturated heterocycles. The summed E-state index contributed by atoms with van der Waals surface area (Å²) in [5, 5.41) is 9.78. The molecule has 1 fully saturated rings. The molecule has 0 spiro atoms. The van der Waals surface area contributed by atoms with E-state index in [0.717, 1.165) is 22.3 Å². The van der Waals surface area contributed by atoms with Gasteiger partial charge in [-0.05, 0) is 49.9 Å².